The van der Waals surface area contributed by atoms with Gasteiger partial charge in [-0.3, -0.25) is 5.32 Å². The first kappa shape index (κ1) is 18.4. The Hall–Kier alpha value is -0.610. The normalized spacial score (nSPS) is 9.21. The Balaban J connectivity index is 0.000000555. The first-order valence-electron chi connectivity index (χ1n) is 4.48. The maximum atomic E-state index is 10.4. The second kappa shape index (κ2) is 10.2. The third kappa shape index (κ3) is 9.00. The fourth-order valence-corrected chi connectivity index (χ4v) is 3.23. The van der Waals surface area contributed by atoms with Crippen molar-refractivity contribution in [3.05, 3.63) is 22.7 Å². The topological polar surface area (TPSA) is 107 Å². The number of amides is 1. The molecule has 0 aliphatic rings. The number of aliphatic carboxylic acids is 1. The van der Waals surface area contributed by atoms with Crippen LogP contribution in [0.1, 0.15) is 0 Å². The van der Waals surface area contributed by atoms with Crippen molar-refractivity contribution in [1.29, 1.82) is 0 Å². The van der Waals surface area contributed by atoms with E-state index in [2.05, 4.69) is 21.2 Å². The lowest BCUT2D eigenvalue weighted by atomic mass is 10.3. The molecule has 19 heavy (non-hydrogen) atoms. The van der Waals surface area contributed by atoms with Crippen LogP contribution in [0.2, 0.25) is 0 Å². The number of aliphatic hydroxyl groups is 1. The summed E-state index contributed by atoms with van der Waals surface area (Å²) < 4.78 is 0.881. The van der Waals surface area contributed by atoms with Crippen molar-refractivity contribution in [2.75, 3.05) is 11.9 Å². The molecule has 6 nitrogen and oxygen atoms in total. The first-order chi connectivity index (χ1) is 8.90. The number of benzene rings is 1. The summed E-state index contributed by atoms with van der Waals surface area (Å²) in [6.45, 7) is -0.778. The number of carboxylic acid groups (broad SMARTS) is 2. The standard InChI is InChI=1S/C7H5BrClNO2S2.C2H4O3/c8-5-2-1-4(10-7(11)12)3-6(5)13-14-9;3-1-2(4)5/h1-3,10H,(H,11,12);3H,1H2,(H,4,5). The SMILES string of the molecule is O=C(O)CO.O=C(O)Nc1ccc(Br)c(SSCl)c1. The second-order valence-electron chi connectivity index (χ2n) is 2.77. The van der Waals surface area contributed by atoms with Gasteiger partial charge in [0, 0.05) is 25.1 Å². The van der Waals surface area contributed by atoms with E-state index < -0.39 is 18.7 Å². The molecule has 0 heterocycles. The minimum absolute atomic E-state index is 0.522. The molecule has 106 valence electrons. The minimum Gasteiger partial charge on any atom is -0.480 e. The van der Waals surface area contributed by atoms with Crippen LogP contribution in [0.4, 0.5) is 10.5 Å². The highest BCUT2D eigenvalue weighted by Crippen LogP contribution is 2.39. The summed E-state index contributed by atoms with van der Waals surface area (Å²) in [7, 11) is 7.91. The summed E-state index contributed by atoms with van der Waals surface area (Å²) in [5.74, 6) is -1.19. The van der Waals surface area contributed by atoms with Crippen molar-refractivity contribution >= 4 is 65.2 Å². The van der Waals surface area contributed by atoms with Crippen LogP contribution in [0, 0.1) is 0 Å². The zero-order valence-electron chi connectivity index (χ0n) is 9.17. The summed E-state index contributed by atoms with van der Waals surface area (Å²) in [5, 5.41) is 25.8. The predicted molar refractivity (Wildman–Crippen MR) is 79.8 cm³/mol. The van der Waals surface area contributed by atoms with E-state index in [-0.39, 0.29) is 0 Å². The number of anilines is 1. The van der Waals surface area contributed by atoms with Gasteiger partial charge < -0.3 is 15.3 Å². The van der Waals surface area contributed by atoms with Gasteiger partial charge in [-0.1, -0.05) is 0 Å². The van der Waals surface area contributed by atoms with Gasteiger partial charge in [-0.05, 0) is 55.6 Å². The van der Waals surface area contributed by atoms with Crippen molar-refractivity contribution in [1.82, 2.24) is 0 Å². The minimum atomic E-state index is -1.19. The van der Waals surface area contributed by atoms with Gasteiger partial charge in [0.2, 0.25) is 0 Å². The van der Waals surface area contributed by atoms with Gasteiger partial charge in [0.15, 0.2) is 0 Å². The number of halogens is 2. The number of aliphatic hydroxyl groups excluding tert-OH is 1. The Morgan fingerprint density at radius 3 is 2.37 bits per heavy atom. The molecule has 0 aliphatic carbocycles. The van der Waals surface area contributed by atoms with Crippen LogP contribution in [-0.2, 0) is 4.79 Å². The van der Waals surface area contributed by atoms with Crippen LogP contribution < -0.4 is 5.32 Å². The number of hydrogen-bond acceptors (Lipinski definition) is 5. The van der Waals surface area contributed by atoms with Crippen molar-refractivity contribution in [2.45, 2.75) is 4.90 Å². The lowest BCUT2D eigenvalue weighted by Gasteiger charge is -2.04. The number of nitrogens with one attached hydrogen (secondary N) is 1. The zero-order valence-corrected chi connectivity index (χ0v) is 13.1. The number of carbonyl (C=O) groups is 2. The summed E-state index contributed by atoms with van der Waals surface area (Å²) in [6.07, 6.45) is -1.08. The van der Waals surface area contributed by atoms with Crippen LogP contribution in [-0.4, -0.2) is 34.0 Å². The molecule has 1 rings (SSSR count). The van der Waals surface area contributed by atoms with Gasteiger partial charge in [0.1, 0.15) is 6.61 Å². The number of carboxylic acids is 1. The molecular formula is C9H9BrClNO5S2. The smallest absolute Gasteiger partial charge is 0.409 e. The lowest BCUT2D eigenvalue weighted by molar-refractivity contribution is -0.140. The van der Waals surface area contributed by atoms with Crippen molar-refractivity contribution in [3.8, 4) is 0 Å². The van der Waals surface area contributed by atoms with Gasteiger partial charge in [0.05, 0.1) is 0 Å². The van der Waals surface area contributed by atoms with E-state index in [4.69, 9.17) is 30.8 Å². The highest BCUT2D eigenvalue weighted by molar-refractivity contribution is 9.10. The fraction of sp³-hybridized carbons (Fsp3) is 0.111. The summed E-state index contributed by atoms with van der Waals surface area (Å²) in [4.78, 5) is 20.4. The second-order valence-corrected chi connectivity index (χ2v) is 6.37. The molecule has 1 aromatic rings. The molecule has 10 heteroatoms. The van der Waals surface area contributed by atoms with E-state index in [0.29, 0.717) is 5.69 Å². The van der Waals surface area contributed by atoms with Crippen LogP contribution in [0.5, 0.6) is 0 Å². The predicted octanol–water partition coefficient (Wildman–Crippen LogP) is 3.50. The van der Waals surface area contributed by atoms with Crippen LogP contribution in [0.25, 0.3) is 0 Å². The molecule has 1 amide bonds. The molecule has 0 unspecified atom stereocenters. The van der Waals surface area contributed by atoms with Gasteiger partial charge >= 0.3 is 12.1 Å². The fourth-order valence-electron chi connectivity index (χ4n) is 0.802. The molecule has 0 bridgehead atoms. The van der Waals surface area contributed by atoms with E-state index in [1.807, 2.05) is 0 Å². The zero-order chi connectivity index (χ0) is 14.8. The van der Waals surface area contributed by atoms with Crippen molar-refractivity contribution in [2.24, 2.45) is 0 Å². The Morgan fingerprint density at radius 2 is 1.95 bits per heavy atom. The summed E-state index contributed by atoms with van der Waals surface area (Å²) in [6, 6.07) is 5.14. The number of rotatable bonds is 4. The van der Waals surface area contributed by atoms with Crippen molar-refractivity contribution < 1.29 is 24.9 Å². The molecule has 0 radical (unpaired) electrons. The van der Waals surface area contributed by atoms with Crippen LogP contribution >= 0.6 is 47.4 Å². The Labute approximate surface area is 129 Å². The van der Waals surface area contributed by atoms with E-state index in [1.165, 1.54) is 10.8 Å². The monoisotopic (exact) mass is 389 g/mol. The Bertz CT molecular complexity index is 449. The quantitative estimate of drug-likeness (QED) is 0.583. The highest BCUT2D eigenvalue weighted by atomic mass is 79.9. The third-order valence-corrected chi connectivity index (χ3v) is 4.27. The van der Waals surface area contributed by atoms with Gasteiger partial charge in [0.25, 0.3) is 0 Å². The highest BCUT2D eigenvalue weighted by Gasteiger charge is 2.04. The Kier molecular flexibility index (Phi) is 9.88. The first-order valence-corrected chi connectivity index (χ1v) is 8.25. The summed E-state index contributed by atoms with van der Waals surface area (Å²) in [5.41, 5.74) is 0.522. The average molecular weight is 391 g/mol. The molecule has 0 spiro atoms. The van der Waals surface area contributed by atoms with Gasteiger partial charge in [-0.25, -0.2) is 9.59 Å². The molecule has 0 saturated heterocycles. The largest absolute Gasteiger partial charge is 0.480 e. The van der Waals surface area contributed by atoms with E-state index in [0.717, 1.165) is 19.4 Å². The van der Waals surface area contributed by atoms with E-state index >= 15 is 0 Å². The van der Waals surface area contributed by atoms with Crippen molar-refractivity contribution in [3.63, 3.8) is 0 Å². The maximum absolute atomic E-state index is 10.4. The van der Waals surface area contributed by atoms with Crippen LogP contribution in [0.3, 0.4) is 0 Å². The van der Waals surface area contributed by atoms with Gasteiger partial charge in [-0.15, -0.1) is 0 Å². The molecule has 0 atom stereocenters. The molecular weight excluding hydrogens is 382 g/mol. The third-order valence-electron chi connectivity index (χ3n) is 1.44. The number of hydrogen-bond donors (Lipinski definition) is 4. The molecule has 1 aromatic carbocycles. The summed E-state index contributed by atoms with van der Waals surface area (Å²) >= 11 is 3.33. The average Bonchev–Trinajstić information content (AvgIpc) is 2.34. The molecule has 4 N–H and O–H groups in total. The van der Waals surface area contributed by atoms with E-state index in [1.54, 1.807) is 18.2 Å². The Morgan fingerprint density at radius 1 is 1.37 bits per heavy atom. The molecule has 0 saturated carbocycles. The molecule has 0 fully saturated rings. The lowest BCUT2D eigenvalue weighted by Crippen LogP contribution is -2.06. The maximum Gasteiger partial charge on any atom is 0.409 e. The molecule has 0 aromatic heterocycles. The van der Waals surface area contributed by atoms with Gasteiger partial charge in [-0.2, -0.15) is 0 Å². The van der Waals surface area contributed by atoms with E-state index in [9.17, 15) is 4.79 Å². The van der Waals surface area contributed by atoms with Crippen LogP contribution in [0.15, 0.2) is 27.6 Å². The molecule has 0 aliphatic heterocycles.